The van der Waals surface area contributed by atoms with Crippen LogP contribution in [0.4, 0.5) is 0 Å². The molecule has 1 aliphatic rings. The van der Waals surface area contributed by atoms with E-state index in [1.807, 2.05) is 6.07 Å². The van der Waals surface area contributed by atoms with E-state index in [0.29, 0.717) is 33.5 Å². The molecule has 0 bridgehead atoms. The standard InChI is InChI=1S/C17H14Cl2O3/c1-21-15-7-9-10(8-16(15)22-2)14(20)6-11(9)17-12(18)4-3-5-13(17)19/h3-5,7-8,11H,6H2,1-2H3. The zero-order chi connectivity index (χ0) is 15.9. The molecule has 0 saturated heterocycles. The number of carbonyl (C=O) groups is 1. The summed E-state index contributed by atoms with van der Waals surface area (Å²) >= 11 is 12.6. The monoisotopic (exact) mass is 336 g/mol. The summed E-state index contributed by atoms with van der Waals surface area (Å²) in [6, 6.07) is 8.92. The summed E-state index contributed by atoms with van der Waals surface area (Å²) in [4.78, 5) is 12.4. The van der Waals surface area contributed by atoms with Crippen LogP contribution in [0.3, 0.4) is 0 Å². The average molecular weight is 337 g/mol. The second kappa shape index (κ2) is 5.82. The minimum absolute atomic E-state index is 0.0527. The highest BCUT2D eigenvalue weighted by molar-refractivity contribution is 6.36. The Morgan fingerprint density at radius 2 is 1.64 bits per heavy atom. The number of Topliss-reactive ketones (excluding diaryl/α,β-unsaturated/α-hetero) is 1. The molecule has 0 radical (unpaired) electrons. The SMILES string of the molecule is COc1cc2c(cc1OC)C(c1c(Cl)cccc1Cl)CC2=O. The van der Waals surface area contributed by atoms with Crippen molar-refractivity contribution in [2.24, 2.45) is 0 Å². The molecule has 0 aliphatic heterocycles. The molecular formula is C17H14Cl2O3. The summed E-state index contributed by atoms with van der Waals surface area (Å²) in [6.07, 6.45) is 0.342. The van der Waals surface area contributed by atoms with E-state index < -0.39 is 0 Å². The number of benzene rings is 2. The van der Waals surface area contributed by atoms with Gasteiger partial charge < -0.3 is 9.47 Å². The molecule has 1 atom stereocenters. The number of ether oxygens (including phenoxy) is 2. The van der Waals surface area contributed by atoms with Gasteiger partial charge in [0.05, 0.1) is 14.2 Å². The van der Waals surface area contributed by atoms with E-state index in [9.17, 15) is 4.79 Å². The van der Waals surface area contributed by atoms with E-state index in [4.69, 9.17) is 32.7 Å². The maximum atomic E-state index is 12.4. The van der Waals surface area contributed by atoms with Crippen molar-refractivity contribution in [2.75, 3.05) is 14.2 Å². The molecule has 0 aromatic heterocycles. The molecular weight excluding hydrogens is 323 g/mol. The van der Waals surface area contributed by atoms with Crippen LogP contribution in [0.15, 0.2) is 30.3 Å². The van der Waals surface area contributed by atoms with Crippen LogP contribution in [-0.4, -0.2) is 20.0 Å². The predicted molar refractivity (Wildman–Crippen MR) is 86.8 cm³/mol. The highest BCUT2D eigenvalue weighted by atomic mass is 35.5. The number of hydrogen-bond donors (Lipinski definition) is 0. The van der Waals surface area contributed by atoms with Gasteiger partial charge in [-0.1, -0.05) is 29.3 Å². The van der Waals surface area contributed by atoms with E-state index in [0.717, 1.165) is 11.1 Å². The van der Waals surface area contributed by atoms with E-state index in [1.54, 1.807) is 38.5 Å². The van der Waals surface area contributed by atoms with Crippen molar-refractivity contribution < 1.29 is 14.3 Å². The summed E-state index contributed by atoms with van der Waals surface area (Å²) in [7, 11) is 3.12. The number of fused-ring (bicyclic) bond motifs is 1. The number of ketones is 1. The first-order chi connectivity index (χ1) is 10.6. The Morgan fingerprint density at radius 1 is 1.05 bits per heavy atom. The van der Waals surface area contributed by atoms with Crippen LogP contribution >= 0.6 is 23.2 Å². The van der Waals surface area contributed by atoms with Crippen molar-refractivity contribution in [1.29, 1.82) is 0 Å². The molecule has 114 valence electrons. The largest absolute Gasteiger partial charge is 0.493 e. The molecule has 0 spiro atoms. The topological polar surface area (TPSA) is 35.5 Å². The van der Waals surface area contributed by atoms with Crippen LogP contribution in [0, 0.1) is 0 Å². The van der Waals surface area contributed by atoms with Gasteiger partial charge in [-0.25, -0.2) is 0 Å². The van der Waals surface area contributed by atoms with Crippen molar-refractivity contribution in [2.45, 2.75) is 12.3 Å². The Hall–Kier alpha value is -1.71. The molecule has 2 aromatic rings. The van der Waals surface area contributed by atoms with Gasteiger partial charge in [-0.3, -0.25) is 4.79 Å². The fourth-order valence-electron chi connectivity index (χ4n) is 2.93. The maximum absolute atomic E-state index is 12.4. The van der Waals surface area contributed by atoms with Crippen molar-refractivity contribution in [3.8, 4) is 11.5 Å². The lowest BCUT2D eigenvalue weighted by atomic mass is 9.92. The van der Waals surface area contributed by atoms with Crippen LogP contribution in [-0.2, 0) is 0 Å². The molecule has 0 saturated carbocycles. The zero-order valence-electron chi connectivity index (χ0n) is 12.2. The van der Waals surface area contributed by atoms with Gasteiger partial charge in [-0.2, -0.15) is 0 Å². The van der Waals surface area contributed by atoms with E-state index >= 15 is 0 Å². The highest BCUT2D eigenvalue weighted by Gasteiger charge is 2.34. The predicted octanol–water partition coefficient (Wildman–Crippen LogP) is 4.73. The Balaban J connectivity index is 2.19. The zero-order valence-corrected chi connectivity index (χ0v) is 13.7. The first-order valence-electron chi connectivity index (χ1n) is 6.79. The second-order valence-electron chi connectivity index (χ2n) is 5.11. The number of rotatable bonds is 3. The Kier molecular flexibility index (Phi) is 4.02. The lowest BCUT2D eigenvalue weighted by Gasteiger charge is -2.16. The van der Waals surface area contributed by atoms with Gasteiger partial charge in [0.25, 0.3) is 0 Å². The van der Waals surface area contributed by atoms with Crippen molar-refractivity contribution in [3.05, 3.63) is 57.1 Å². The molecule has 0 heterocycles. The smallest absolute Gasteiger partial charge is 0.164 e. The Bertz CT molecular complexity index is 736. The van der Waals surface area contributed by atoms with Crippen LogP contribution in [0.5, 0.6) is 11.5 Å². The molecule has 5 heteroatoms. The molecule has 2 aromatic carbocycles. The van der Waals surface area contributed by atoms with E-state index in [2.05, 4.69) is 0 Å². The van der Waals surface area contributed by atoms with Crippen molar-refractivity contribution >= 4 is 29.0 Å². The molecule has 0 fully saturated rings. The Labute approximate surface area is 138 Å². The first kappa shape index (κ1) is 15.2. The summed E-state index contributed by atoms with van der Waals surface area (Å²) in [5.41, 5.74) is 2.29. The van der Waals surface area contributed by atoms with Gasteiger partial charge in [0.2, 0.25) is 0 Å². The number of methoxy groups -OCH3 is 2. The van der Waals surface area contributed by atoms with Gasteiger partial charge in [0.15, 0.2) is 17.3 Å². The highest BCUT2D eigenvalue weighted by Crippen LogP contribution is 2.46. The summed E-state index contributed by atoms with van der Waals surface area (Å²) < 4.78 is 10.6. The quantitative estimate of drug-likeness (QED) is 0.812. The fraction of sp³-hybridized carbons (Fsp3) is 0.235. The lowest BCUT2D eigenvalue weighted by molar-refractivity contribution is 0.0991. The third-order valence-corrected chi connectivity index (χ3v) is 4.63. The molecule has 1 aliphatic carbocycles. The second-order valence-corrected chi connectivity index (χ2v) is 5.92. The van der Waals surface area contributed by atoms with Crippen LogP contribution in [0.1, 0.15) is 33.8 Å². The van der Waals surface area contributed by atoms with Crippen LogP contribution < -0.4 is 9.47 Å². The average Bonchev–Trinajstić information content (AvgIpc) is 2.82. The normalized spacial score (nSPS) is 16.5. The van der Waals surface area contributed by atoms with E-state index in [-0.39, 0.29) is 11.7 Å². The fourth-order valence-corrected chi connectivity index (χ4v) is 3.59. The number of carbonyl (C=O) groups excluding carboxylic acids is 1. The van der Waals surface area contributed by atoms with Gasteiger partial charge >= 0.3 is 0 Å². The molecule has 3 rings (SSSR count). The van der Waals surface area contributed by atoms with Crippen molar-refractivity contribution in [3.63, 3.8) is 0 Å². The molecule has 0 amide bonds. The number of hydrogen-bond acceptors (Lipinski definition) is 3. The van der Waals surface area contributed by atoms with E-state index in [1.165, 1.54) is 0 Å². The molecule has 0 N–H and O–H groups in total. The molecule has 1 unspecified atom stereocenters. The molecule has 3 nitrogen and oxygen atoms in total. The maximum Gasteiger partial charge on any atom is 0.164 e. The van der Waals surface area contributed by atoms with Gasteiger partial charge in [-0.05, 0) is 35.4 Å². The van der Waals surface area contributed by atoms with Crippen LogP contribution in [0.2, 0.25) is 10.0 Å². The third kappa shape index (κ3) is 2.34. The Morgan fingerprint density at radius 3 is 2.23 bits per heavy atom. The van der Waals surface area contributed by atoms with Gasteiger partial charge in [0.1, 0.15) is 0 Å². The summed E-state index contributed by atoms with van der Waals surface area (Å²) in [5, 5.41) is 1.13. The first-order valence-corrected chi connectivity index (χ1v) is 7.55. The summed E-state index contributed by atoms with van der Waals surface area (Å²) in [6.45, 7) is 0. The lowest BCUT2D eigenvalue weighted by Crippen LogP contribution is -2.00. The minimum atomic E-state index is -0.163. The van der Waals surface area contributed by atoms with Crippen LogP contribution in [0.25, 0.3) is 0 Å². The van der Waals surface area contributed by atoms with Crippen molar-refractivity contribution in [1.82, 2.24) is 0 Å². The van der Waals surface area contributed by atoms with Gasteiger partial charge in [0, 0.05) is 27.9 Å². The number of halogens is 2. The summed E-state index contributed by atoms with van der Waals surface area (Å²) in [5.74, 6) is 1.02. The van der Waals surface area contributed by atoms with Gasteiger partial charge in [-0.15, -0.1) is 0 Å². The minimum Gasteiger partial charge on any atom is -0.493 e. The third-order valence-electron chi connectivity index (χ3n) is 3.97. The molecule has 22 heavy (non-hydrogen) atoms.